The average molecular weight is 368 g/mol. The van der Waals surface area contributed by atoms with Gasteiger partial charge in [-0.05, 0) is 56.0 Å². The molecule has 0 unspecified atom stereocenters. The smallest absolute Gasteiger partial charge is 0.335 e. The van der Waals surface area contributed by atoms with E-state index in [1.54, 1.807) is 17.4 Å². The number of fused-ring (bicyclic) bond motifs is 1. The normalized spacial score (nSPS) is 10.8. The summed E-state index contributed by atoms with van der Waals surface area (Å²) in [5.41, 5.74) is 2.60. The van der Waals surface area contributed by atoms with Crippen molar-refractivity contribution in [1.29, 1.82) is 0 Å². The van der Waals surface area contributed by atoms with Crippen molar-refractivity contribution in [1.82, 2.24) is 4.98 Å². The molecule has 3 aromatic rings. The fourth-order valence-corrected chi connectivity index (χ4v) is 3.70. The molecular weight excluding hydrogens is 348 g/mol. The predicted molar refractivity (Wildman–Crippen MR) is 104 cm³/mol. The lowest BCUT2D eigenvalue weighted by molar-refractivity contribution is -0.116. The molecule has 2 N–H and O–H groups in total. The topological polar surface area (TPSA) is 79.3 Å². The highest BCUT2D eigenvalue weighted by Crippen LogP contribution is 2.23. The van der Waals surface area contributed by atoms with Crippen LogP contribution in [0.5, 0.6) is 0 Å². The lowest BCUT2D eigenvalue weighted by Gasteiger charge is -2.09. The maximum atomic E-state index is 12.1. The van der Waals surface area contributed by atoms with E-state index in [2.05, 4.69) is 16.4 Å². The number of aromatic carboxylic acids is 1. The van der Waals surface area contributed by atoms with Crippen LogP contribution in [-0.4, -0.2) is 22.0 Å². The van der Waals surface area contributed by atoms with Gasteiger partial charge in [0.15, 0.2) is 0 Å². The maximum Gasteiger partial charge on any atom is 0.335 e. The molecule has 3 rings (SSSR count). The Kier molecular flexibility index (Phi) is 5.63. The van der Waals surface area contributed by atoms with Crippen LogP contribution < -0.4 is 5.32 Å². The summed E-state index contributed by atoms with van der Waals surface area (Å²) in [7, 11) is 0. The van der Waals surface area contributed by atoms with Crippen molar-refractivity contribution in [3.63, 3.8) is 0 Å². The summed E-state index contributed by atoms with van der Waals surface area (Å²) >= 11 is 1.70. The summed E-state index contributed by atoms with van der Waals surface area (Å²) in [4.78, 5) is 27.8. The predicted octanol–water partition coefficient (Wildman–Crippen LogP) is 4.65. The van der Waals surface area contributed by atoms with Gasteiger partial charge in [-0.1, -0.05) is 18.2 Å². The van der Waals surface area contributed by atoms with Crippen LogP contribution in [0.1, 0.15) is 40.2 Å². The Hall–Kier alpha value is -2.73. The lowest BCUT2D eigenvalue weighted by Crippen LogP contribution is -2.13. The number of carbonyl (C=O) groups excluding carboxylic acids is 1. The Balaban J connectivity index is 1.48. The van der Waals surface area contributed by atoms with Crippen molar-refractivity contribution in [2.75, 3.05) is 5.32 Å². The standard InChI is InChI=1S/C20H20N2O3S/c1-13-10-11-14(20(24)25)12-16(13)21-18(23)8-4-5-9-19-22-15-6-2-3-7-17(15)26-19/h2-3,6-7,10-12H,4-5,8-9H2,1H3,(H,21,23)(H,24,25). The minimum atomic E-state index is -1.00. The van der Waals surface area contributed by atoms with E-state index in [0.29, 0.717) is 12.1 Å². The van der Waals surface area contributed by atoms with Crippen LogP contribution in [0.4, 0.5) is 5.69 Å². The molecule has 0 atom stereocenters. The van der Waals surface area contributed by atoms with Gasteiger partial charge in [0, 0.05) is 12.1 Å². The molecule has 1 heterocycles. The molecule has 134 valence electrons. The number of carboxylic acids is 1. The van der Waals surface area contributed by atoms with Crippen molar-refractivity contribution in [3.8, 4) is 0 Å². The minimum absolute atomic E-state index is 0.0973. The first-order valence-corrected chi connectivity index (χ1v) is 9.33. The largest absolute Gasteiger partial charge is 0.478 e. The van der Waals surface area contributed by atoms with E-state index in [9.17, 15) is 9.59 Å². The molecule has 1 aromatic heterocycles. The van der Waals surface area contributed by atoms with Gasteiger partial charge >= 0.3 is 5.97 Å². The van der Waals surface area contributed by atoms with Gasteiger partial charge in [-0.25, -0.2) is 9.78 Å². The number of thiazole rings is 1. The van der Waals surface area contributed by atoms with E-state index in [-0.39, 0.29) is 11.5 Å². The van der Waals surface area contributed by atoms with Crippen molar-refractivity contribution in [2.24, 2.45) is 0 Å². The summed E-state index contributed by atoms with van der Waals surface area (Å²) in [6, 6.07) is 12.8. The number of unbranched alkanes of at least 4 members (excludes halogenated alkanes) is 1. The molecule has 0 saturated carbocycles. The van der Waals surface area contributed by atoms with Crippen LogP contribution in [0, 0.1) is 6.92 Å². The zero-order chi connectivity index (χ0) is 18.5. The lowest BCUT2D eigenvalue weighted by atomic mass is 10.1. The molecule has 6 heteroatoms. The molecule has 0 bridgehead atoms. The van der Waals surface area contributed by atoms with Crippen molar-refractivity contribution < 1.29 is 14.7 Å². The molecule has 0 fully saturated rings. The van der Waals surface area contributed by atoms with Gasteiger partial charge in [0.25, 0.3) is 0 Å². The third-order valence-electron chi connectivity index (χ3n) is 4.14. The summed E-state index contributed by atoms with van der Waals surface area (Å²) in [5, 5.41) is 13.0. The van der Waals surface area contributed by atoms with Crippen molar-refractivity contribution >= 4 is 39.1 Å². The van der Waals surface area contributed by atoms with Gasteiger partial charge in [-0.3, -0.25) is 4.79 Å². The zero-order valence-electron chi connectivity index (χ0n) is 14.5. The quantitative estimate of drug-likeness (QED) is 0.595. The number of nitrogens with one attached hydrogen (secondary N) is 1. The van der Waals surface area contributed by atoms with Crippen LogP contribution in [0.3, 0.4) is 0 Å². The summed E-state index contributed by atoms with van der Waals surface area (Å²) < 4.78 is 1.19. The van der Waals surface area contributed by atoms with Gasteiger partial charge in [-0.2, -0.15) is 0 Å². The van der Waals surface area contributed by atoms with Gasteiger partial charge < -0.3 is 10.4 Å². The molecule has 0 spiro atoms. The molecule has 0 aliphatic rings. The summed E-state index contributed by atoms with van der Waals surface area (Å²) in [5.74, 6) is -1.10. The Labute approximate surface area is 155 Å². The van der Waals surface area contributed by atoms with Crippen LogP contribution in [-0.2, 0) is 11.2 Å². The number of nitrogens with zero attached hydrogens (tertiary/aromatic N) is 1. The van der Waals surface area contributed by atoms with Gasteiger partial charge in [-0.15, -0.1) is 11.3 Å². The fourth-order valence-electron chi connectivity index (χ4n) is 2.69. The fraction of sp³-hybridized carbons (Fsp3) is 0.250. The number of aryl methyl sites for hydroxylation is 2. The Bertz CT molecular complexity index is 916. The first-order valence-electron chi connectivity index (χ1n) is 8.51. The van der Waals surface area contributed by atoms with Crippen molar-refractivity contribution in [2.45, 2.75) is 32.6 Å². The molecule has 0 aliphatic heterocycles. The van der Waals surface area contributed by atoms with Crippen LogP contribution >= 0.6 is 11.3 Å². The Morgan fingerprint density at radius 3 is 2.73 bits per heavy atom. The summed E-state index contributed by atoms with van der Waals surface area (Å²) in [6.45, 7) is 1.84. The van der Waals surface area contributed by atoms with E-state index >= 15 is 0 Å². The number of carbonyl (C=O) groups is 2. The molecular formula is C20H20N2O3S. The number of hydrogen-bond donors (Lipinski definition) is 2. The first-order chi connectivity index (χ1) is 12.5. The monoisotopic (exact) mass is 368 g/mol. The average Bonchev–Trinajstić information content (AvgIpc) is 3.03. The SMILES string of the molecule is Cc1ccc(C(=O)O)cc1NC(=O)CCCCc1nc2ccccc2s1. The van der Waals surface area contributed by atoms with E-state index in [1.165, 1.54) is 16.8 Å². The number of rotatable bonds is 7. The van der Waals surface area contributed by atoms with Gasteiger partial charge in [0.1, 0.15) is 0 Å². The number of amides is 1. The van der Waals surface area contributed by atoms with Crippen LogP contribution in [0.25, 0.3) is 10.2 Å². The number of para-hydroxylation sites is 1. The van der Waals surface area contributed by atoms with E-state index < -0.39 is 5.97 Å². The Morgan fingerprint density at radius 2 is 1.96 bits per heavy atom. The second kappa shape index (κ2) is 8.10. The highest BCUT2D eigenvalue weighted by atomic mass is 32.1. The number of carboxylic acid groups (broad SMARTS) is 1. The van der Waals surface area contributed by atoms with E-state index in [4.69, 9.17) is 5.11 Å². The third kappa shape index (κ3) is 4.46. The second-order valence-corrected chi connectivity index (χ2v) is 7.28. The van der Waals surface area contributed by atoms with Crippen molar-refractivity contribution in [3.05, 3.63) is 58.6 Å². The minimum Gasteiger partial charge on any atom is -0.478 e. The third-order valence-corrected chi connectivity index (χ3v) is 5.24. The van der Waals surface area contributed by atoms with Gasteiger partial charge in [0.05, 0.1) is 20.8 Å². The molecule has 2 aromatic carbocycles. The first kappa shape index (κ1) is 18.1. The molecule has 26 heavy (non-hydrogen) atoms. The molecule has 0 saturated heterocycles. The Morgan fingerprint density at radius 1 is 1.15 bits per heavy atom. The molecule has 0 aliphatic carbocycles. The van der Waals surface area contributed by atoms with Gasteiger partial charge in [0.2, 0.25) is 5.91 Å². The summed E-state index contributed by atoms with van der Waals surface area (Å²) in [6.07, 6.45) is 2.92. The van der Waals surface area contributed by atoms with Crippen LogP contribution in [0.2, 0.25) is 0 Å². The second-order valence-electron chi connectivity index (χ2n) is 6.17. The van der Waals surface area contributed by atoms with Crippen LogP contribution in [0.15, 0.2) is 42.5 Å². The molecule has 5 nitrogen and oxygen atoms in total. The number of hydrogen-bond acceptors (Lipinski definition) is 4. The zero-order valence-corrected chi connectivity index (χ0v) is 15.3. The number of benzene rings is 2. The number of aromatic nitrogens is 1. The molecule has 0 radical (unpaired) electrons. The molecule has 1 amide bonds. The highest BCUT2D eigenvalue weighted by molar-refractivity contribution is 7.18. The van der Waals surface area contributed by atoms with E-state index in [0.717, 1.165) is 35.4 Å². The highest BCUT2D eigenvalue weighted by Gasteiger charge is 2.09. The van der Waals surface area contributed by atoms with E-state index in [1.807, 2.05) is 25.1 Å². The number of anilines is 1. The maximum absolute atomic E-state index is 12.1.